The van der Waals surface area contributed by atoms with Crippen LogP contribution in [0.3, 0.4) is 0 Å². The van der Waals surface area contributed by atoms with Crippen LogP contribution < -0.4 is 4.72 Å². The van der Waals surface area contributed by atoms with E-state index in [2.05, 4.69) is 16.7 Å². The highest BCUT2D eigenvalue weighted by Gasteiger charge is 2.23. The first-order valence-electron chi connectivity index (χ1n) is 7.30. The van der Waals surface area contributed by atoms with Crippen molar-refractivity contribution in [3.8, 4) is 0 Å². The number of nitrogens with one attached hydrogen (secondary N) is 1. The van der Waals surface area contributed by atoms with Crippen LogP contribution in [0.5, 0.6) is 0 Å². The van der Waals surface area contributed by atoms with Crippen LogP contribution in [0.25, 0.3) is 0 Å². The van der Waals surface area contributed by atoms with Crippen molar-refractivity contribution in [2.45, 2.75) is 52.6 Å². The predicted octanol–water partition coefficient (Wildman–Crippen LogP) is 1.42. The molecule has 0 spiro atoms. The zero-order valence-corrected chi connectivity index (χ0v) is 13.1. The molecule has 0 aliphatic carbocycles. The largest absolute Gasteiger partial charge is 0.279 e. The lowest BCUT2D eigenvalue weighted by Gasteiger charge is -2.25. The highest BCUT2D eigenvalue weighted by molar-refractivity contribution is 7.87. The maximum absolute atomic E-state index is 12.2. The van der Waals surface area contributed by atoms with Gasteiger partial charge in [0, 0.05) is 37.9 Å². The second-order valence-electron chi connectivity index (χ2n) is 5.29. The molecule has 1 aromatic heterocycles. The van der Waals surface area contributed by atoms with Gasteiger partial charge in [0.15, 0.2) is 0 Å². The summed E-state index contributed by atoms with van der Waals surface area (Å²) in [6.07, 6.45) is 5.97. The maximum atomic E-state index is 12.2. The van der Waals surface area contributed by atoms with E-state index in [1.165, 1.54) is 0 Å². The van der Waals surface area contributed by atoms with Gasteiger partial charge in [-0.15, -0.1) is 0 Å². The summed E-state index contributed by atoms with van der Waals surface area (Å²) in [5.74, 6) is 0. The topological polar surface area (TPSA) is 67.2 Å². The zero-order valence-electron chi connectivity index (χ0n) is 12.3. The standard InChI is InChI=1S/C13H24N4O2S/c1-3-7-16-11-13(12(2)15-16)10-14-20(18,19)17-8-5-4-6-9-17/h11,14H,3-10H2,1-2H3. The zero-order chi connectivity index (χ0) is 14.6. The molecule has 1 N–H and O–H groups in total. The lowest BCUT2D eigenvalue weighted by atomic mass is 10.2. The highest BCUT2D eigenvalue weighted by atomic mass is 32.2. The Morgan fingerprint density at radius 1 is 1.30 bits per heavy atom. The van der Waals surface area contributed by atoms with Crippen LogP contribution in [-0.2, 0) is 23.3 Å². The minimum atomic E-state index is -3.36. The van der Waals surface area contributed by atoms with Crippen molar-refractivity contribution in [3.63, 3.8) is 0 Å². The number of piperidine rings is 1. The fourth-order valence-electron chi connectivity index (χ4n) is 2.44. The number of aryl methyl sites for hydroxylation is 2. The van der Waals surface area contributed by atoms with Crippen molar-refractivity contribution in [1.29, 1.82) is 0 Å². The maximum Gasteiger partial charge on any atom is 0.279 e. The number of hydrogen-bond acceptors (Lipinski definition) is 3. The molecule has 0 amide bonds. The molecule has 0 atom stereocenters. The van der Waals surface area contributed by atoms with Gasteiger partial charge in [0.25, 0.3) is 10.2 Å². The van der Waals surface area contributed by atoms with Gasteiger partial charge in [-0.3, -0.25) is 4.68 Å². The Labute approximate surface area is 121 Å². The molecule has 0 bridgehead atoms. The third-order valence-corrected chi connectivity index (χ3v) is 5.15. The average molecular weight is 300 g/mol. The Morgan fingerprint density at radius 2 is 2.00 bits per heavy atom. The molecule has 1 fully saturated rings. The van der Waals surface area contributed by atoms with Gasteiger partial charge >= 0.3 is 0 Å². The molecule has 20 heavy (non-hydrogen) atoms. The van der Waals surface area contributed by atoms with E-state index in [9.17, 15) is 8.42 Å². The van der Waals surface area contributed by atoms with Crippen molar-refractivity contribution in [2.24, 2.45) is 0 Å². The molecule has 7 heteroatoms. The number of rotatable bonds is 6. The molecule has 114 valence electrons. The van der Waals surface area contributed by atoms with Gasteiger partial charge in [-0.25, -0.2) is 0 Å². The monoisotopic (exact) mass is 300 g/mol. The van der Waals surface area contributed by atoms with Crippen LogP contribution in [0.1, 0.15) is 43.9 Å². The summed E-state index contributed by atoms with van der Waals surface area (Å²) in [6, 6.07) is 0. The van der Waals surface area contributed by atoms with Crippen LogP contribution >= 0.6 is 0 Å². The summed E-state index contributed by atoms with van der Waals surface area (Å²) >= 11 is 0. The van der Waals surface area contributed by atoms with Gasteiger partial charge in [0.1, 0.15) is 0 Å². The summed E-state index contributed by atoms with van der Waals surface area (Å²) in [6.45, 7) is 6.44. The Kier molecular flexibility index (Phi) is 5.17. The van der Waals surface area contributed by atoms with Crippen LogP contribution in [-0.4, -0.2) is 35.6 Å². The lowest BCUT2D eigenvalue weighted by Crippen LogP contribution is -2.43. The molecular formula is C13H24N4O2S. The minimum absolute atomic E-state index is 0.314. The smallest absolute Gasteiger partial charge is 0.272 e. The molecule has 6 nitrogen and oxygen atoms in total. The molecule has 0 aromatic carbocycles. The van der Waals surface area contributed by atoms with Crippen LogP contribution in [0, 0.1) is 6.92 Å². The molecule has 1 aliphatic heterocycles. The van der Waals surface area contributed by atoms with Crippen molar-refractivity contribution in [1.82, 2.24) is 18.8 Å². The first-order valence-corrected chi connectivity index (χ1v) is 8.74. The van der Waals surface area contributed by atoms with E-state index in [4.69, 9.17) is 0 Å². The number of hydrogen-bond donors (Lipinski definition) is 1. The van der Waals surface area contributed by atoms with E-state index in [1.54, 1.807) is 4.31 Å². The van der Waals surface area contributed by atoms with Crippen LogP contribution in [0.15, 0.2) is 6.20 Å². The van der Waals surface area contributed by atoms with Gasteiger partial charge in [-0.2, -0.15) is 22.5 Å². The molecule has 1 saturated heterocycles. The SMILES string of the molecule is CCCn1cc(CNS(=O)(=O)N2CCCCC2)c(C)n1. The lowest BCUT2D eigenvalue weighted by molar-refractivity contribution is 0.341. The van der Waals surface area contributed by atoms with E-state index in [0.717, 1.165) is 43.5 Å². The Bertz CT molecular complexity index is 533. The summed E-state index contributed by atoms with van der Waals surface area (Å²) in [5, 5.41) is 4.38. The number of nitrogens with zero attached hydrogens (tertiary/aromatic N) is 3. The normalized spacial score (nSPS) is 17.5. The van der Waals surface area contributed by atoms with E-state index in [1.807, 2.05) is 17.8 Å². The van der Waals surface area contributed by atoms with E-state index < -0.39 is 10.2 Å². The van der Waals surface area contributed by atoms with Crippen molar-refractivity contribution < 1.29 is 8.42 Å². The van der Waals surface area contributed by atoms with Crippen molar-refractivity contribution in [2.75, 3.05) is 13.1 Å². The summed E-state index contributed by atoms with van der Waals surface area (Å²) < 4.78 is 30.5. The quantitative estimate of drug-likeness (QED) is 0.864. The molecule has 1 aromatic rings. The van der Waals surface area contributed by atoms with Gasteiger partial charge < -0.3 is 0 Å². The summed E-state index contributed by atoms with van der Waals surface area (Å²) in [4.78, 5) is 0. The molecule has 2 rings (SSSR count). The first kappa shape index (κ1) is 15.5. The average Bonchev–Trinajstić information content (AvgIpc) is 2.78. The molecule has 2 heterocycles. The fraction of sp³-hybridized carbons (Fsp3) is 0.769. The summed E-state index contributed by atoms with van der Waals surface area (Å²) in [7, 11) is -3.36. The second kappa shape index (κ2) is 6.69. The molecule has 1 aliphatic rings. The second-order valence-corrected chi connectivity index (χ2v) is 7.04. The van der Waals surface area contributed by atoms with Crippen molar-refractivity contribution >= 4 is 10.2 Å². The molecule has 0 saturated carbocycles. The Morgan fingerprint density at radius 3 is 2.65 bits per heavy atom. The fourth-order valence-corrected chi connectivity index (χ4v) is 3.70. The predicted molar refractivity (Wildman–Crippen MR) is 78.4 cm³/mol. The minimum Gasteiger partial charge on any atom is -0.272 e. The summed E-state index contributed by atoms with van der Waals surface area (Å²) in [5.41, 5.74) is 1.83. The number of aromatic nitrogens is 2. The van der Waals surface area contributed by atoms with Crippen molar-refractivity contribution in [3.05, 3.63) is 17.5 Å². The van der Waals surface area contributed by atoms with Gasteiger partial charge in [0.2, 0.25) is 0 Å². The first-order chi connectivity index (χ1) is 9.53. The Balaban J connectivity index is 1.96. The molecule has 0 unspecified atom stereocenters. The molecule has 0 radical (unpaired) electrons. The third kappa shape index (κ3) is 3.80. The molecular weight excluding hydrogens is 276 g/mol. The van der Waals surface area contributed by atoms with E-state index in [0.29, 0.717) is 19.6 Å². The van der Waals surface area contributed by atoms with Crippen LogP contribution in [0.4, 0.5) is 0 Å². The third-order valence-electron chi connectivity index (χ3n) is 3.60. The van der Waals surface area contributed by atoms with E-state index in [-0.39, 0.29) is 0 Å². The van der Waals surface area contributed by atoms with Gasteiger partial charge in [-0.1, -0.05) is 13.3 Å². The highest BCUT2D eigenvalue weighted by Crippen LogP contribution is 2.13. The Hall–Kier alpha value is -0.920. The van der Waals surface area contributed by atoms with Gasteiger partial charge in [-0.05, 0) is 26.2 Å². The van der Waals surface area contributed by atoms with Crippen LogP contribution in [0.2, 0.25) is 0 Å². The van der Waals surface area contributed by atoms with Gasteiger partial charge in [0.05, 0.1) is 5.69 Å². The van der Waals surface area contributed by atoms with E-state index >= 15 is 0 Å².